The molecular weight excluding hydrogens is 442 g/mol. The number of hydrogen-bond acceptors (Lipinski definition) is 6. The van der Waals surface area contributed by atoms with Gasteiger partial charge in [0.2, 0.25) is 5.89 Å². The molecule has 2 heterocycles. The average molecular weight is 466 g/mol. The van der Waals surface area contributed by atoms with Gasteiger partial charge in [-0.2, -0.15) is 0 Å². The number of ether oxygens (including phenoxy) is 1. The van der Waals surface area contributed by atoms with Crippen molar-refractivity contribution in [3.63, 3.8) is 0 Å². The first-order valence-electron chi connectivity index (χ1n) is 10.5. The van der Waals surface area contributed by atoms with Gasteiger partial charge in [0, 0.05) is 40.4 Å². The smallest absolute Gasteiger partial charge is 0.257 e. The molecule has 0 atom stereocenters. The molecule has 2 aromatic carbocycles. The van der Waals surface area contributed by atoms with Gasteiger partial charge in [0.05, 0.1) is 13.7 Å². The van der Waals surface area contributed by atoms with E-state index in [0.717, 1.165) is 16.9 Å². The Bertz CT molecular complexity index is 1340. The molecule has 0 amide bonds. The minimum absolute atomic E-state index is 0.140. The van der Waals surface area contributed by atoms with Crippen molar-refractivity contribution < 1.29 is 14.3 Å². The van der Waals surface area contributed by atoms with E-state index >= 15 is 0 Å². The lowest BCUT2D eigenvalue weighted by molar-refractivity contribution is 0.298. The summed E-state index contributed by atoms with van der Waals surface area (Å²) < 4.78 is 12.7. The summed E-state index contributed by atoms with van der Waals surface area (Å²) in [6.45, 7) is 3.61. The molecule has 7 nitrogen and oxygen atoms in total. The lowest BCUT2D eigenvalue weighted by Gasteiger charge is -2.15. The predicted molar refractivity (Wildman–Crippen MR) is 127 cm³/mol. The standard InChI is InChI=1S/C25H24ClN3O4/c1-15-21(11-12-30)25(31)29(23(27-15)18-5-4-6-19(26)13-18)14-22-16(2)33-24(28-22)17-7-9-20(32-3)10-8-17/h4-10,13,30H,11-12,14H2,1-3H3. The number of rotatable bonds is 7. The van der Waals surface area contributed by atoms with Gasteiger partial charge in [-0.1, -0.05) is 23.7 Å². The topological polar surface area (TPSA) is 90.4 Å². The zero-order valence-corrected chi connectivity index (χ0v) is 19.4. The van der Waals surface area contributed by atoms with E-state index < -0.39 is 0 Å². The third kappa shape index (κ3) is 4.69. The molecule has 0 saturated heterocycles. The molecule has 0 fully saturated rings. The highest BCUT2D eigenvalue weighted by molar-refractivity contribution is 6.30. The molecule has 1 N–H and O–H groups in total. The van der Waals surface area contributed by atoms with Crippen molar-refractivity contribution in [1.82, 2.24) is 14.5 Å². The molecular formula is C25H24ClN3O4. The Kier molecular flexibility index (Phi) is 6.62. The van der Waals surface area contributed by atoms with Crippen LogP contribution in [0, 0.1) is 13.8 Å². The third-order valence-corrected chi connectivity index (χ3v) is 5.69. The minimum Gasteiger partial charge on any atom is -0.497 e. The number of aliphatic hydroxyl groups excluding tert-OH is 1. The van der Waals surface area contributed by atoms with E-state index in [4.69, 9.17) is 25.7 Å². The van der Waals surface area contributed by atoms with Crippen molar-refractivity contribution in [2.75, 3.05) is 13.7 Å². The van der Waals surface area contributed by atoms with Gasteiger partial charge in [-0.05, 0) is 50.2 Å². The van der Waals surface area contributed by atoms with Crippen molar-refractivity contribution in [2.24, 2.45) is 0 Å². The number of aromatic nitrogens is 3. The van der Waals surface area contributed by atoms with Crippen LogP contribution in [0.1, 0.15) is 22.7 Å². The van der Waals surface area contributed by atoms with Crippen LogP contribution in [0.5, 0.6) is 5.75 Å². The fraction of sp³-hybridized carbons (Fsp3) is 0.240. The van der Waals surface area contributed by atoms with Crippen LogP contribution in [0.25, 0.3) is 22.8 Å². The van der Waals surface area contributed by atoms with Gasteiger partial charge < -0.3 is 14.3 Å². The molecule has 0 aliphatic carbocycles. The Morgan fingerprint density at radius 1 is 1.09 bits per heavy atom. The van der Waals surface area contributed by atoms with Crippen molar-refractivity contribution in [1.29, 1.82) is 0 Å². The molecule has 0 aliphatic rings. The molecule has 0 spiro atoms. The molecule has 170 valence electrons. The summed E-state index contributed by atoms with van der Waals surface area (Å²) in [6, 6.07) is 14.6. The van der Waals surface area contributed by atoms with E-state index in [1.54, 1.807) is 30.7 Å². The first kappa shape index (κ1) is 22.8. The largest absolute Gasteiger partial charge is 0.497 e. The Morgan fingerprint density at radius 3 is 2.52 bits per heavy atom. The van der Waals surface area contributed by atoms with Crippen LogP contribution in [-0.2, 0) is 13.0 Å². The van der Waals surface area contributed by atoms with E-state index in [0.29, 0.717) is 39.4 Å². The van der Waals surface area contributed by atoms with Crippen molar-refractivity contribution >= 4 is 11.6 Å². The number of aryl methyl sites for hydroxylation is 2. The zero-order chi connectivity index (χ0) is 23.5. The number of aliphatic hydroxyl groups is 1. The maximum Gasteiger partial charge on any atom is 0.257 e. The van der Waals surface area contributed by atoms with Gasteiger partial charge in [0.25, 0.3) is 5.56 Å². The second-order valence-electron chi connectivity index (χ2n) is 7.63. The molecule has 33 heavy (non-hydrogen) atoms. The number of nitrogens with zero attached hydrogens (tertiary/aromatic N) is 3. The molecule has 8 heteroatoms. The number of hydrogen-bond donors (Lipinski definition) is 1. The van der Waals surface area contributed by atoms with Gasteiger partial charge >= 0.3 is 0 Å². The maximum atomic E-state index is 13.4. The Balaban J connectivity index is 1.80. The highest BCUT2D eigenvalue weighted by Gasteiger charge is 2.19. The van der Waals surface area contributed by atoms with Crippen LogP contribution < -0.4 is 10.3 Å². The molecule has 0 aliphatic heterocycles. The fourth-order valence-electron chi connectivity index (χ4n) is 3.68. The first-order valence-corrected chi connectivity index (χ1v) is 10.9. The predicted octanol–water partition coefficient (Wildman–Crippen LogP) is 4.43. The average Bonchev–Trinajstić information content (AvgIpc) is 3.18. The van der Waals surface area contributed by atoms with Crippen LogP contribution >= 0.6 is 11.6 Å². The summed E-state index contributed by atoms with van der Waals surface area (Å²) in [5.41, 5.74) is 2.97. The number of halogens is 1. The molecule has 0 saturated carbocycles. The molecule has 4 rings (SSSR count). The summed E-state index contributed by atoms with van der Waals surface area (Å²) in [4.78, 5) is 22.8. The Labute approximate surface area is 196 Å². The summed E-state index contributed by atoms with van der Waals surface area (Å²) in [5, 5.41) is 10.00. The zero-order valence-electron chi connectivity index (χ0n) is 18.6. The van der Waals surface area contributed by atoms with Crippen molar-refractivity contribution in [3.8, 4) is 28.6 Å². The van der Waals surface area contributed by atoms with Crippen LogP contribution in [0.4, 0.5) is 0 Å². The summed E-state index contributed by atoms with van der Waals surface area (Å²) in [6.07, 6.45) is 0.225. The molecule has 4 aromatic rings. The monoisotopic (exact) mass is 465 g/mol. The normalized spacial score (nSPS) is 11.1. The summed E-state index contributed by atoms with van der Waals surface area (Å²) in [5.74, 6) is 2.28. The van der Waals surface area contributed by atoms with E-state index in [9.17, 15) is 9.90 Å². The number of methoxy groups -OCH3 is 1. The van der Waals surface area contributed by atoms with Crippen molar-refractivity contribution in [2.45, 2.75) is 26.8 Å². The lowest BCUT2D eigenvalue weighted by atomic mass is 10.1. The SMILES string of the molecule is COc1ccc(-c2nc(Cn3c(-c4cccc(Cl)c4)nc(C)c(CCO)c3=O)c(C)o2)cc1. The second-order valence-corrected chi connectivity index (χ2v) is 8.06. The van der Waals surface area contributed by atoms with Crippen LogP contribution in [-0.4, -0.2) is 33.4 Å². The number of oxazole rings is 1. The lowest BCUT2D eigenvalue weighted by Crippen LogP contribution is -2.29. The number of benzene rings is 2. The summed E-state index contributed by atoms with van der Waals surface area (Å²) in [7, 11) is 1.61. The van der Waals surface area contributed by atoms with E-state index in [1.807, 2.05) is 43.3 Å². The van der Waals surface area contributed by atoms with Gasteiger partial charge in [-0.3, -0.25) is 9.36 Å². The Morgan fingerprint density at radius 2 is 1.85 bits per heavy atom. The highest BCUT2D eigenvalue weighted by Crippen LogP contribution is 2.26. The minimum atomic E-state index is -0.222. The third-order valence-electron chi connectivity index (χ3n) is 5.45. The van der Waals surface area contributed by atoms with Gasteiger partial charge in [0.15, 0.2) is 0 Å². The second kappa shape index (κ2) is 9.60. The summed E-state index contributed by atoms with van der Waals surface area (Å²) >= 11 is 6.20. The highest BCUT2D eigenvalue weighted by atomic mass is 35.5. The van der Waals surface area contributed by atoms with Crippen LogP contribution in [0.15, 0.2) is 57.7 Å². The van der Waals surface area contributed by atoms with E-state index in [-0.39, 0.29) is 25.1 Å². The van der Waals surface area contributed by atoms with Gasteiger partial charge in [0.1, 0.15) is 23.0 Å². The van der Waals surface area contributed by atoms with E-state index in [2.05, 4.69) is 4.98 Å². The van der Waals surface area contributed by atoms with Gasteiger partial charge in [-0.25, -0.2) is 9.97 Å². The maximum absolute atomic E-state index is 13.4. The fourth-order valence-corrected chi connectivity index (χ4v) is 3.87. The Hall–Kier alpha value is -3.42. The molecule has 0 radical (unpaired) electrons. The van der Waals surface area contributed by atoms with Gasteiger partial charge in [-0.15, -0.1) is 0 Å². The quantitative estimate of drug-likeness (QED) is 0.434. The van der Waals surface area contributed by atoms with E-state index in [1.165, 1.54) is 0 Å². The molecule has 0 bridgehead atoms. The first-order chi connectivity index (χ1) is 15.9. The van der Waals surface area contributed by atoms with Crippen LogP contribution in [0.2, 0.25) is 5.02 Å². The molecule has 0 unspecified atom stereocenters. The van der Waals surface area contributed by atoms with Crippen molar-refractivity contribution in [3.05, 3.63) is 86.6 Å². The van der Waals surface area contributed by atoms with Crippen LogP contribution in [0.3, 0.4) is 0 Å². The molecule has 2 aromatic heterocycles.